The summed E-state index contributed by atoms with van der Waals surface area (Å²) < 4.78 is 5.91. The van der Waals surface area contributed by atoms with Crippen LogP contribution >= 0.6 is 0 Å². The Morgan fingerprint density at radius 1 is 1.43 bits per heavy atom. The van der Waals surface area contributed by atoms with Crippen LogP contribution in [0, 0.1) is 5.92 Å². The van der Waals surface area contributed by atoms with E-state index in [0.29, 0.717) is 30.3 Å². The number of ether oxygens (including phenoxy) is 1. The molecule has 1 aromatic rings. The van der Waals surface area contributed by atoms with Gasteiger partial charge in [-0.15, -0.1) is 0 Å². The summed E-state index contributed by atoms with van der Waals surface area (Å²) in [5.74, 6) is 0.730. The molecule has 2 N–H and O–H groups in total. The van der Waals surface area contributed by atoms with Crippen molar-refractivity contribution in [3.05, 3.63) is 23.9 Å². The van der Waals surface area contributed by atoms with E-state index in [4.69, 9.17) is 9.84 Å². The highest BCUT2D eigenvalue weighted by Crippen LogP contribution is 2.22. The number of aromatic nitrogens is 1. The van der Waals surface area contributed by atoms with Gasteiger partial charge in [0, 0.05) is 31.0 Å². The van der Waals surface area contributed by atoms with Crippen molar-refractivity contribution in [2.75, 3.05) is 13.2 Å². The van der Waals surface area contributed by atoms with Gasteiger partial charge in [0.1, 0.15) is 6.10 Å². The summed E-state index contributed by atoms with van der Waals surface area (Å²) in [7, 11) is 0. The number of hydrogen-bond donors (Lipinski definition) is 2. The lowest BCUT2D eigenvalue weighted by atomic mass is 9.98. The van der Waals surface area contributed by atoms with E-state index in [1.807, 2.05) is 0 Å². The quantitative estimate of drug-likeness (QED) is 0.772. The van der Waals surface area contributed by atoms with Gasteiger partial charge in [0.2, 0.25) is 5.88 Å². The average Bonchev–Trinajstić information content (AvgIpc) is 2.59. The van der Waals surface area contributed by atoms with Crippen LogP contribution < -0.4 is 10.1 Å². The maximum atomic E-state index is 12.3. The summed E-state index contributed by atoms with van der Waals surface area (Å²) in [6.45, 7) is 2.80. The number of amides is 1. The molecule has 1 saturated carbocycles. The lowest BCUT2D eigenvalue weighted by Gasteiger charge is -2.22. The fourth-order valence-electron chi connectivity index (χ4n) is 2.94. The normalized spacial score (nSPS) is 16.8. The summed E-state index contributed by atoms with van der Waals surface area (Å²) in [5.41, 5.74) is 0.574. The van der Waals surface area contributed by atoms with Crippen molar-refractivity contribution in [2.24, 2.45) is 5.92 Å². The van der Waals surface area contributed by atoms with Crippen LogP contribution in [0.15, 0.2) is 18.3 Å². The van der Waals surface area contributed by atoms with Gasteiger partial charge in [0.25, 0.3) is 5.91 Å². The van der Waals surface area contributed by atoms with Crippen molar-refractivity contribution in [2.45, 2.75) is 58.0 Å². The van der Waals surface area contributed by atoms with E-state index < -0.39 is 0 Å². The molecule has 1 amide bonds. The Morgan fingerprint density at radius 3 is 2.91 bits per heavy atom. The molecular formula is C18H28N2O3. The van der Waals surface area contributed by atoms with Crippen molar-refractivity contribution in [1.82, 2.24) is 10.3 Å². The first-order valence-electron chi connectivity index (χ1n) is 8.74. The largest absolute Gasteiger partial charge is 0.474 e. The van der Waals surface area contributed by atoms with Gasteiger partial charge in [0.15, 0.2) is 0 Å². The fourth-order valence-corrected chi connectivity index (χ4v) is 2.94. The Morgan fingerprint density at radius 2 is 2.22 bits per heavy atom. The molecule has 1 aromatic heterocycles. The third-order valence-corrected chi connectivity index (χ3v) is 4.50. The van der Waals surface area contributed by atoms with Crippen molar-refractivity contribution in [3.63, 3.8) is 0 Å². The monoisotopic (exact) mass is 320 g/mol. The number of aliphatic hydroxyl groups is 1. The zero-order valence-corrected chi connectivity index (χ0v) is 14.0. The number of carbonyl (C=O) groups is 1. The highest BCUT2D eigenvalue weighted by atomic mass is 16.5. The minimum Gasteiger partial charge on any atom is -0.474 e. The first-order chi connectivity index (χ1) is 11.2. The van der Waals surface area contributed by atoms with E-state index in [-0.39, 0.29) is 18.6 Å². The second kappa shape index (κ2) is 9.50. The summed E-state index contributed by atoms with van der Waals surface area (Å²) in [6.07, 6.45) is 9.32. The predicted octanol–water partition coefficient (Wildman–Crippen LogP) is 2.93. The highest BCUT2D eigenvalue weighted by Gasteiger charge is 2.16. The number of rotatable bonds is 8. The van der Waals surface area contributed by atoms with Gasteiger partial charge in [-0.3, -0.25) is 4.79 Å². The van der Waals surface area contributed by atoms with Crippen LogP contribution in [0.5, 0.6) is 5.88 Å². The molecular weight excluding hydrogens is 292 g/mol. The smallest absolute Gasteiger partial charge is 0.251 e. The minimum absolute atomic E-state index is 0.114. The minimum atomic E-state index is -0.114. The summed E-state index contributed by atoms with van der Waals surface area (Å²) in [6, 6.07) is 3.42. The van der Waals surface area contributed by atoms with Gasteiger partial charge in [-0.25, -0.2) is 4.98 Å². The molecule has 0 aliphatic heterocycles. The number of hydrogen-bond acceptors (Lipinski definition) is 4. The topological polar surface area (TPSA) is 71.5 Å². The number of carbonyl (C=O) groups excluding carboxylic acids is 1. The number of aliphatic hydroxyl groups excluding tert-OH is 1. The van der Waals surface area contributed by atoms with E-state index in [1.165, 1.54) is 19.3 Å². The molecule has 23 heavy (non-hydrogen) atoms. The molecule has 1 fully saturated rings. The van der Waals surface area contributed by atoms with Gasteiger partial charge in [-0.05, 0) is 44.1 Å². The van der Waals surface area contributed by atoms with Gasteiger partial charge in [-0.2, -0.15) is 0 Å². The Labute approximate surface area is 138 Å². The summed E-state index contributed by atoms with van der Waals surface area (Å²) in [5, 5.41) is 11.9. The maximum Gasteiger partial charge on any atom is 0.251 e. The Bertz CT molecular complexity index is 487. The SMILES string of the molecule is CCC(CCO)CNC(=O)c1ccnc(OC2CCCCC2)c1. The van der Waals surface area contributed by atoms with Gasteiger partial charge in [-0.1, -0.05) is 19.8 Å². The van der Waals surface area contributed by atoms with E-state index in [2.05, 4.69) is 17.2 Å². The molecule has 0 spiro atoms. The molecule has 1 heterocycles. The maximum absolute atomic E-state index is 12.3. The van der Waals surface area contributed by atoms with Gasteiger partial charge < -0.3 is 15.2 Å². The average molecular weight is 320 g/mol. The molecule has 1 aliphatic rings. The van der Waals surface area contributed by atoms with Crippen molar-refractivity contribution in [3.8, 4) is 5.88 Å². The molecule has 0 saturated heterocycles. The van der Waals surface area contributed by atoms with Crippen molar-refractivity contribution in [1.29, 1.82) is 0 Å². The molecule has 1 aliphatic carbocycles. The standard InChI is InChI=1S/C18H28N2O3/c1-2-14(9-11-21)13-20-18(22)15-8-10-19-17(12-15)23-16-6-4-3-5-7-16/h8,10,12,14,16,21H,2-7,9,11,13H2,1H3,(H,20,22). The first kappa shape index (κ1) is 17.7. The van der Waals surface area contributed by atoms with Crippen LogP contribution in [0.25, 0.3) is 0 Å². The lowest BCUT2D eigenvalue weighted by molar-refractivity contribution is 0.0941. The molecule has 0 aromatic carbocycles. The van der Waals surface area contributed by atoms with Crippen molar-refractivity contribution >= 4 is 5.91 Å². The molecule has 1 atom stereocenters. The molecule has 128 valence electrons. The molecule has 1 unspecified atom stereocenters. The van der Waals surface area contributed by atoms with Crippen LogP contribution in [-0.2, 0) is 0 Å². The van der Waals surface area contributed by atoms with E-state index >= 15 is 0 Å². The second-order valence-corrected chi connectivity index (χ2v) is 6.26. The molecule has 0 radical (unpaired) electrons. The highest BCUT2D eigenvalue weighted by molar-refractivity contribution is 5.94. The zero-order chi connectivity index (χ0) is 16.5. The number of pyridine rings is 1. The van der Waals surface area contributed by atoms with Gasteiger partial charge >= 0.3 is 0 Å². The number of nitrogens with zero attached hydrogens (tertiary/aromatic N) is 1. The first-order valence-corrected chi connectivity index (χ1v) is 8.74. The number of nitrogens with one attached hydrogen (secondary N) is 1. The molecule has 2 rings (SSSR count). The lowest BCUT2D eigenvalue weighted by Crippen LogP contribution is -2.29. The predicted molar refractivity (Wildman–Crippen MR) is 89.6 cm³/mol. The third kappa shape index (κ3) is 5.82. The van der Waals surface area contributed by atoms with Crippen LogP contribution in [0.2, 0.25) is 0 Å². The fraction of sp³-hybridized carbons (Fsp3) is 0.667. The third-order valence-electron chi connectivity index (χ3n) is 4.50. The summed E-state index contributed by atoms with van der Waals surface area (Å²) >= 11 is 0. The second-order valence-electron chi connectivity index (χ2n) is 6.26. The van der Waals surface area contributed by atoms with E-state index in [9.17, 15) is 4.79 Å². The van der Waals surface area contributed by atoms with Gasteiger partial charge in [0.05, 0.1) is 0 Å². The van der Waals surface area contributed by atoms with E-state index in [0.717, 1.165) is 19.3 Å². The Balaban J connectivity index is 1.88. The van der Waals surface area contributed by atoms with Crippen molar-refractivity contribution < 1.29 is 14.6 Å². The Hall–Kier alpha value is -1.62. The summed E-state index contributed by atoms with van der Waals surface area (Å²) in [4.78, 5) is 16.5. The zero-order valence-electron chi connectivity index (χ0n) is 14.0. The molecule has 5 nitrogen and oxygen atoms in total. The van der Waals surface area contributed by atoms with E-state index in [1.54, 1.807) is 18.3 Å². The Kier molecular flexibility index (Phi) is 7.33. The molecule has 0 bridgehead atoms. The van der Waals surface area contributed by atoms with Crippen LogP contribution in [0.3, 0.4) is 0 Å². The molecule has 5 heteroatoms. The van der Waals surface area contributed by atoms with Crippen LogP contribution in [0.1, 0.15) is 62.2 Å². The van der Waals surface area contributed by atoms with Crippen LogP contribution in [0.4, 0.5) is 0 Å². The van der Waals surface area contributed by atoms with Crippen LogP contribution in [-0.4, -0.2) is 35.3 Å².